The lowest BCUT2D eigenvalue weighted by atomic mass is 10.3. The molecule has 0 radical (unpaired) electrons. The summed E-state index contributed by atoms with van der Waals surface area (Å²) in [4.78, 5) is 14.7. The van der Waals surface area contributed by atoms with Gasteiger partial charge in [0.15, 0.2) is 0 Å². The Kier molecular flexibility index (Phi) is 4.89. The van der Waals surface area contributed by atoms with E-state index in [-0.39, 0.29) is 12.8 Å². The summed E-state index contributed by atoms with van der Waals surface area (Å²) in [6, 6.07) is 3.78. The van der Waals surface area contributed by atoms with Crippen LogP contribution in [0.15, 0.2) is 22.9 Å². The third-order valence-corrected chi connectivity index (χ3v) is 2.76. The zero-order valence-electron chi connectivity index (χ0n) is 11.3. The van der Waals surface area contributed by atoms with E-state index < -0.39 is 5.97 Å². The van der Waals surface area contributed by atoms with Crippen molar-refractivity contribution in [2.45, 2.75) is 26.3 Å². The Bertz CT molecular complexity index is 561. The SMILES string of the molecule is CCOCCn1cccc1-c1noc(CCC(=O)O)n1. The fourth-order valence-electron chi connectivity index (χ4n) is 1.79. The number of aromatic nitrogens is 3. The van der Waals surface area contributed by atoms with Gasteiger partial charge in [-0.25, -0.2) is 0 Å². The van der Waals surface area contributed by atoms with E-state index in [0.717, 1.165) is 5.69 Å². The van der Waals surface area contributed by atoms with Crippen LogP contribution in [0, 0.1) is 0 Å². The molecule has 7 nitrogen and oxygen atoms in total. The summed E-state index contributed by atoms with van der Waals surface area (Å²) < 4.78 is 12.3. The number of aryl methyl sites for hydroxylation is 1. The first-order valence-electron chi connectivity index (χ1n) is 6.48. The van der Waals surface area contributed by atoms with E-state index in [4.69, 9.17) is 14.4 Å². The number of aliphatic carboxylic acids is 1. The van der Waals surface area contributed by atoms with E-state index in [1.54, 1.807) is 0 Å². The summed E-state index contributed by atoms with van der Waals surface area (Å²) in [5.74, 6) is -0.0864. The molecule has 2 aromatic rings. The second-order valence-electron chi connectivity index (χ2n) is 4.19. The smallest absolute Gasteiger partial charge is 0.303 e. The normalized spacial score (nSPS) is 10.8. The lowest BCUT2D eigenvalue weighted by molar-refractivity contribution is -0.137. The summed E-state index contributed by atoms with van der Waals surface area (Å²) in [5.41, 5.74) is 0.829. The molecular formula is C13H17N3O4. The molecule has 7 heteroatoms. The standard InChI is InChI=1S/C13H17N3O4/c1-2-19-9-8-16-7-3-4-10(16)13-14-11(20-15-13)5-6-12(17)18/h3-4,7H,2,5-6,8-9H2,1H3,(H,17,18). The van der Waals surface area contributed by atoms with Gasteiger partial charge >= 0.3 is 5.97 Å². The van der Waals surface area contributed by atoms with E-state index >= 15 is 0 Å². The topological polar surface area (TPSA) is 90.4 Å². The lowest BCUT2D eigenvalue weighted by Gasteiger charge is -2.06. The van der Waals surface area contributed by atoms with Gasteiger partial charge in [0.1, 0.15) is 0 Å². The van der Waals surface area contributed by atoms with Crippen molar-refractivity contribution >= 4 is 5.97 Å². The Morgan fingerprint density at radius 2 is 2.40 bits per heavy atom. The average molecular weight is 279 g/mol. The average Bonchev–Trinajstić information content (AvgIpc) is 3.04. The van der Waals surface area contributed by atoms with E-state index in [1.807, 2.05) is 29.8 Å². The molecule has 0 unspecified atom stereocenters. The minimum Gasteiger partial charge on any atom is -0.481 e. The Morgan fingerprint density at radius 1 is 1.55 bits per heavy atom. The molecule has 2 aromatic heterocycles. The molecule has 0 atom stereocenters. The van der Waals surface area contributed by atoms with Crippen molar-refractivity contribution in [2.75, 3.05) is 13.2 Å². The van der Waals surface area contributed by atoms with Crippen LogP contribution in [0.25, 0.3) is 11.5 Å². The molecule has 0 aliphatic carbocycles. The molecule has 0 aliphatic rings. The maximum atomic E-state index is 10.5. The van der Waals surface area contributed by atoms with Crippen molar-refractivity contribution in [3.63, 3.8) is 0 Å². The van der Waals surface area contributed by atoms with E-state index in [1.165, 1.54) is 0 Å². The Hall–Kier alpha value is -2.15. The van der Waals surface area contributed by atoms with Gasteiger partial charge in [0.25, 0.3) is 0 Å². The molecule has 2 heterocycles. The zero-order valence-corrected chi connectivity index (χ0v) is 11.3. The molecule has 0 amide bonds. The number of hydrogen-bond acceptors (Lipinski definition) is 5. The molecule has 0 aromatic carbocycles. The van der Waals surface area contributed by atoms with Gasteiger partial charge in [0.05, 0.1) is 18.7 Å². The van der Waals surface area contributed by atoms with Crippen LogP contribution in [-0.2, 0) is 22.5 Å². The van der Waals surface area contributed by atoms with Crippen molar-refractivity contribution in [3.05, 3.63) is 24.2 Å². The molecular weight excluding hydrogens is 262 g/mol. The third kappa shape index (κ3) is 3.67. The molecule has 0 spiro atoms. The minimum absolute atomic E-state index is 0.0208. The van der Waals surface area contributed by atoms with Crippen molar-refractivity contribution in [2.24, 2.45) is 0 Å². The monoisotopic (exact) mass is 279 g/mol. The van der Waals surface area contributed by atoms with Gasteiger partial charge in [0, 0.05) is 25.8 Å². The number of carbonyl (C=O) groups is 1. The number of hydrogen-bond donors (Lipinski definition) is 1. The van der Waals surface area contributed by atoms with Crippen molar-refractivity contribution in [3.8, 4) is 11.5 Å². The number of nitrogens with zero attached hydrogens (tertiary/aromatic N) is 3. The summed E-state index contributed by atoms with van der Waals surface area (Å²) in [6.45, 7) is 3.94. The molecule has 1 N–H and O–H groups in total. The molecule has 2 rings (SSSR count). The Labute approximate surface area is 116 Å². The Balaban J connectivity index is 2.04. The van der Waals surface area contributed by atoms with Crippen LogP contribution < -0.4 is 0 Å². The predicted molar refractivity (Wildman–Crippen MR) is 70.2 cm³/mol. The van der Waals surface area contributed by atoms with Gasteiger partial charge in [-0.1, -0.05) is 5.16 Å². The number of rotatable bonds is 8. The van der Waals surface area contributed by atoms with Gasteiger partial charge in [-0.15, -0.1) is 0 Å². The number of carboxylic acid groups (broad SMARTS) is 1. The molecule has 0 saturated carbocycles. The molecule has 0 aliphatic heterocycles. The van der Waals surface area contributed by atoms with Crippen LogP contribution in [0.2, 0.25) is 0 Å². The van der Waals surface area contributed by atoms with Crippen molar-refractivity contribution in [1.82, 2.24) is 14.7 Å². The number of carboxylic acids is 1. The molecule has 0 fully saturated rings. The maximum absolute atomic E-state index is 10.5. The highest BCUT2D eigenvalue weighted by Gasteiger charge is 2.13. The molecule has 20 heavy (non-hydrogen) atoms. The first kappa shape index (κ1) is 14.3. The van der Waals surface area contributed by atoms with Gasteiger partial charge in [-0.3, -0.25) is 4.79 Å². The van der Waals surface area contributed by atoms with E-state index in [9.17, 15) is 4.79 Å². The van der Waals surface area contributed by atoms with Crippen LogP contribution in [-0.4, -0.2) is 39.0 Å². The lowest BCUT2D eigenvalue weighted by Crippen LogP contribution is -2.06. The zero-order chi connectivity index (χ0) is 14.4. The fraction of sp³-hybridized carbons (Fsp3) is 0.462. The van der Waals surface area contributed by atoms with Crippen LogP contribution in [0.3, 0.4) is 0 Å². The van der Waals surface area contributed by atoms with Gasteiger partial charge in [0.2, 0.25) is 11.7 Å². The van der Waals surface area contributed by atoms with Crippen molar-refractivity contribution < 1.29 is 19.2 Å². The van der Waals surface area contributed by atoms with Crippen LogP contribution in [0.1, 0.15) is 19.2 Å². The molecule has 0 bridgehead atoms. The van der Waals surface area contributed by atoms with E-state index in [2.05, 4.69) is 10.1 Å². The summed E-state index contributed by atoms with van der Waals surface area (Å²) >= 11 is 0. The second kappa shape index (κ2) is 6.85. The first-order valence-corrected chi connectivity index (χ1v) is 6.48. The summed E-state index contributed by atoms with van der Waals surface area (Å²) in [7, 11) is 0. The largest absolute Gasteiger partial charge is 0.481 e. The highest BCUT2D eigenvalue weighted by atomic mass is 16.5. The summed E-state index contributed by atoms with van der Waals surface area (Å²) in [6.07, 6.45) is 2.14. The van der Waals surface area contributed by atoms with Gasteiger partial charge in [-0.05, 0) is 19.1 Å². The fourth-order valence-corrected chi connectivity index (χ4v) is 1.79. The molecule has 0 saturated heterocycles. The minimum atomic E-state index is -0.884. The summed E-state index contributed by atoms with van der Waals surface area (Å²) in [5, 5.41) is 12.5. The predicted octanol–water partition coefficient (Wildman–Crippen LogP) is 1.59. The van der Waals surface area contributed by atoms with Crippen molar-refractivity contribution in [1.29, 1.82) is 0 Å². The Morgan fingerprint density at radius 3 is 3.15 bits per heavy atom. The van der Waals surface area contributed by atoms with Gasteiger partial charge < -0.3 is 18.9 Å². The van der Waals surface area contributed by atoms with Crippen LogP contribution in [0.5, 0.6) is 0 Å². The highest BCUT2D eigenvalue weighted by Crippen LogP contribution is 2.17. The first-order chi connectivity index (χ1) is 9.70. The number of ether oxygens (including phenoxy) is 1. The quantitative estimate of drug-likeness (QED) is 0.738. The second-order valence-corrected chi connectivity index (χ2v) is 4.19. The van der Waals surface area contributed by atoms with Crippen LogP contribution in [0.4, 0.5) is 0 Å². The van der Waals surface area contributed by atoms with E-state index in [0.29, 0.717) is 31.5 Å². The van der Waals surface area contributed by atoms with Gasteiger partial charge in [-0.2, -0.15) is 4.98 Å². The molecule has 108 valence electrons. The highest BCUT2D eigenvalue weighted by molar-refractivity contribution is 5.66. The third-order valence-electron chi connectivity index (χ3n) is 2.76. The van der Waals surface area contributed by atoms with Crippen LogP contribution >= 0.6 is 0 Å². The maximum Gasteiger partial charge on any atom is 0.303 e.